The summed E-state index contributed by atoms with van der Waals surface area (Å²) in [5.41, 5.74) is 1.01. The lowest BCUT2D eigenvalue weighted by atomic mass is 9.61. The monoisotopic (exact) mass is 420 g/mol. The molecule has 2 fully saturated rings. The van der Waals surface area contributed by atoms with Gasteiger partial charge < -0.3 is 4.74 Å². The highest BCUT2D eigenvalue weighted by Gasteiger charge is 2.53. The fraction of sp³-hybridized carbons (Fsp3) is 0.621. The smallest absolute Gasteiger partial charge is 0.338 e. The molecule has 0 spiro atoms. The Balaban J connectivity index is 1.43. The zero-order valence-electron chi connectivity index (χ0n) is 19.9. The zero-order valence-corrected chi connectivity index (χ0v) is 19.9. The number of esters is 1. The Labute approximate surface area is 188 Å². The van der Waals surface area contributed by atoms with Crippen LogP contribution in [0.25, 0.3) is 10.8 Å². The summed E-state index contributed by atoms with van der Waals surface area (Å²) < 4.78 is 6.21. The zero-order chi connectivity index (χ0) is 22.0. The van der Waals surface area contributed by atoms with Crippen LogP contribution in [0, 0.1) is 29.1 Å². The van der Waals surface area contributed by atoms with Gasteiger partial charge in [-0.3, -0.25) is 0 Å². The summed E-state index contributed by atoms with van der Waals surface area (Å²) in [4.78, 5) is 13.0. The molecule has 5 atom stereocenters. The van der Waals surface area contributed by atoms with Gasteiger partial charge in [-0.15, -0.1) is 0 Å². The summed E-state index contributed by atoms with van der Waals surface area (Å²) in [6, 6.07) is 14.1. The third-order valence-electron chi connectivity index (χ3n) is 8.51. The maximum atomic E-state index is 13.0. The number of carbonyl (C=O) groups is 1. The minimum absolute atomic E-state index is 0.0746. The number of ether oxygens (including phenoxy) is 1. The first-order valence-electron chi connectivity index (χ1n) is 12.6. The Morgan fingerprint density at radius 1 is 1.03 bits per heavy atom. The molecule has 2 aliphatic rings. The second-order valence-electron chi connectivity index (χ2n) is 11.0. The quantitative estimate of drug-likeness (QED) is 0.424. The van der Waals surface area contributed by atoms with E-state index in [1.165, 1.54) is 44.9 Å². The van der Waals surface area contributed by atoms with Gasteiger partial charge >= 0.3 is 5.97 Å². The first-order chi connectivity index (χ1) is 14.9. The maximum absolute atomic E-state index is 13.0. The van der Waals surface area contributed by atoms with Crippen molar-refractivity contribution in [2.24, 2.45) is 29.1 Å². The van der Waals surface area contributed by atoms with Crippen LogP contribution in [-0.4, -0.2) is 12.1 Å². The molecule has 0 saturated heterocycles. The molecule has 0 aliphatic heterocycles. The predicted molar refractivity (Wildman–Crippen MR) is 129 cm³/mol. The number of hydrogen-bond donors (Lipinski definition) is 0. The molecule has 2 aliphatic carbocycles. The molecule has 2 aromatic rings. The highest BCUT2D eigenvalue weighted by Crippen LogP contribution is 2.58. The van der Waals surface area contributed by atoms with E-state index in [9.17, 15) is 4.79 Å². The van der Waals surface area contributed by atoms with E-state index >= 15 is 0 Å². The highest BCUT2D eigenvalue weighted by atomic mass is 16.5. The van der Waals surface area contributed by atoms with Gasteiger partial charge in [-0.25, -0.2) is 4.79 Å². The molecular formula is C29H40O2. The topological polar surface area (TPSA) is 26.3 Å². The fourth-order valence-corrected chi connectivity index (χ4v) is 6.81. The van der Waals surface area contributed by atoms with Gasteiger partial charge in [0.2, 0.25) is 0 Å². The Kier molecular flexibility index (Phi) is 6.74. The lowest BCUT2D eigenvalue weighted by Crippen LogP contribution is -2.43. The van der Waals surface area contributed by atoms with E-state index in [-0.39, 0.29) is 12.1 Å². The van der Waals surface area contributed by atoms with Crippen molar-refractivity contribution in [3.05, 3.63) is 48.0 Å². The fourth-order valence-electron chi connectivity index (χ4n) is 6.81. The van der Waals surface area contributed by atoms with E-state index in [0.717, 1.165) is 34.9 Å². The van der Waals surface area contributed by atoms with Crippen molar-refractivity contribution in [1.82, 2.24) is 0 Å². The maximum Gasteiger partial charge on any atom is 0.338 e. The Morgan fingerprint density at radius 2 is 1.81 bits per heavy atom. The number of benzene rings is 2. The summed E-state index contributed by atoms with van der Waals surface area (Å²) in [5, 5.41) is 2.26. The molecular weight excluding hydrogens is 380 g/mol. The summed E-state index contributed by atoms with van der Waals surface area (Å²) in [5.74, 6) is 2.71. The molecule has 0 aromatic heterocycles. The number of carbonyl (C=O) groups excluding carboxylic acids is 1. The van der Waals surface area contributed by atoms with Crippen LogP contribution in [0.3, 0.4) is 0 Å². The van der Waals surface area contributed by atoms with Gasteiger partial charge in [0.25, 0.3) is 0 Å². The Hall–Kier alpha value is -1.83. The lowest BCUT2D eigenvalue weighted by molar-refractivity contribution is -0.0473. The SMILES string of the molecule is CC(C)CCC[C@@H](C)[C@H]1CC[C@H]2[C@@H](OC(=O)c3ccc4ccccc4c3)CCC[C@]12C. The second kappa shape index (κ2) is 9.35. The van der Waals surface area contributed by atoms with E-state index in [0.29, 0.717) is 16.9 Å². The minimum atomic E-state index is -0.145. The Morgan fingerprint density at radius 3 is 2.58 bits per heavy atom. The van der Waals surface area contributed by atoms with Gasteiger partial charge in [-0.2, -0.15) is 0 Å². The molecule has 168 valence electrons. The van der Waals surface area contributed by atoms with E-state index in [1.54, 1.807) is 0 Å². The van der Waals surface area contributed by atoms with Crippen molar-refractivity contribution in [1.29, 1.82) is 0 Å². The van der Waals surface area contributed by atoms with Gasteiger partial charge in [0.05, 0.1) is 5.56 Å². The second-order valence-corrected chi connectivity index (χ2v) is 11.0. The summed E-state index contributed by atoms with van der Waals surface area (Å²) >= 11 is 0. The highest BCUT2D eigenvalue weighted by molar-refractivity contribution is 5.95. The number of fused-ring (bicyclic) bond motifs is 2. The van der Waals surface area contributed by atoms with E-state index < -0.39 is 0 Å². The van der Waals surface area contributed by atoms with Gasteiger partial charge in [0, 0.05) is 5.92 Å². The first kappa shape index (κ1) is 22.4. The Bertz CT molecular complexity index is 901. The van der Waals surface area contributed by atoms with E-state index in [2.05, 4.69) is 39.8 Å². The molecule has 0 heterocycles. The van der Waals surface area contributed by atoms with Crippen molar-refractivity contribution in [2.75, 3.05) is 0 Å². The molecule has 2 nitrogen and oxygen atoms in total. The number of hydrogen-bond acceptors (Lipinski definition) is 2. The normalized spacial score (nSPS) is 29.1. The van der Waals surface area contributed by atoms with Crippen LogP contribution in [0.15, 0.2) is 42.5 Å². The molecule has 31 heavy (non-hydrogen) atoms. The van der Waals surface area contributed by atoms with E-state index in [4.69, 9.17) is 4.74 Å². The third-order valence-corrected chi connectivity index (χ3v) is 8.51. The molecule has 0 bridgehead atoms. The van der Waals surface area contributed by atoms with Gasteiger partial charge in [-0.05, 0) is 78.2 Å². The molecule has 2 saturated carbocycles. The predicted octanol–water partition coefficient (Wildman–Crippen LogP) is 8.04. The van der Waals surface area contributed by atoms with Crippen molar-refractivity contribution in [2.45, 2.75) is 85.2 Å². The van der Waals surface area contributed by atoms with Crippen LogP contribution in [0.1, 0.15) is 89.4 Å². The van der Waals surface area contributed by atoms with Crippen molar-refractivity contribution < 1.29 is 9.53 Å². The lowest BCUT2D eigenvalue weighted by Gasteiger charge is -2.46. The van der Waals surface area contributed by atoms with Crippen molar-refractivity contribution in [3.8, 4) is 0 Å². The molecule has 0 radical (unpaired) electrons. The van der Waals surface area contributed by atoms with Crippen LogP contribution >= 0.6 is 0 Å². The van der Waals surface area contributed by atoms with Crippen LogP contribution in [0.5, 0.6) is 0 Å². The largest absolute Gasteiger partial charge is 0.458 e. The van der Waals surface area contributed by atoms with Crippen LogP contribution in [0.4, 0.5) is 0 Å². The average molecular weight is 421 g/mol. The first-order valence-corrected chi connectivity index (χ1v) is 12.6. The van der Waals surface area contributed by atoms with Crippen molar-refractivity contribution >= 4 is 16.7 Å². The van der Waals surface area contributed by atoms with Crippen LogP contribution in [0.2, 0.25) is 0 Å². The summed E-state index contributed by atoms with van der Waals surface area (Å²) in [7, 11) is 0. The van der Waals surface area contributed by atoms with Crippen LogP contribution < -0.4 is 0 Å². The molecule has 4 rings (SSSR count). The average Bonchev–Trinajstić information content (AvgIpc) is 3.11. The number of rotatable bonds is 7. The molecule has 0 unspecified atom stereocenters. The van der Waals surface area contributed by atoms with E-state index in [1.807, 2.05) is 30.3 Å². The van der Waals surface area contributed by atoms with Crippen molar-refractivity contribution in [3.63, 3.8) is 0 Å². The van der Waals surface area contributed by atoms with Gasteiger partial charge in [0.1, 0.15) is 6.10 Å². The van der Waals surface area contributed by atoms with Gasteiger partial charge in [0.15, 0.2) is 0 Å². The van der Waals surface area contributed by atoms with Gasteiger partial charge in [-0.1, -0.05) is 77.3 Å². The minimum Gasteiger partial charge on any atom is -0.458 e. The summed E-state index contributed by atoms with van der Waals surface area (Å²) in [6.07, 6.45) is 10.1. The standard InChI is InChI=1S/C29H40O2/c1-20(2)9-7-10-21(3)25-16-17-26-27(13-8-18-29(25,26)4)31-28(30)24-15-14-22-11-5-6-12-23(22)19-24/h5-6,11-12,14-15,19-21,25-27H,7-10,13,16-18H2,1-4H3/t21-,25-,26+,27+,29-/m1/s1. The molecule has 0 N–H and O–H groups in total. The third kappa shape index (κ3) is 4.69. The molecule has 2 aromatic carbocycles. The van der Waals surface area contributed by atoms with Crippen LogP contribution in [-0.2, 0) is 4.74 Å². The summed E-state index contributed by atoms with van der Waals surface area (Å²) in [6.45, 7) is 9.63. The molecule has 0 amide bonds. The molecule has 2 heteroatoms.